The highest BCUT2D eigenvalue weighted by atomic mass is 16.5. The first kappa shape index (κ1) is 9.47. The first-order chi connectivity index (χ1) is 6.18. The van der Waals surface area contributed by atoms with Crippen LogP contribution in [0.2, 0.25) is 0 Å². The summed E-state index contributed by atoms with van der Waals surface area (Å²) in [5.41, 5.74) is 6.20. The fourth-order valence-corrected chi connectivity index (χ4v) is 2.76. The van der Waals surface area contributed by atoms with Gasteiger partial charge in [0.2, 0.25) is 0 Å². The topological polar surface area (TPSA) is 35.2 Å². The van der Waals surface area contributed by atoms with Crippen molar-refractivity contribution < 1.29 is 4.74 Å². The number of hydrogen-bond donors (Lipinski definition) is 1. The van der Waals surface area contributed by atoms with Crippen LogP contribution in [-0.2, 0) is 4.74 Å². The molecule has 0 saturated carbocycles. The minimum Gasteiger partial charge on any atom is -0.375 e. The molecule has 13 heavy (non-hydrogen) atoms. The van der Waals surface area contributed by atoms with Gasteiger partial charge in [-0.3, -0.25) is 0 Å². The van der Waals surface area contributed by atoms with E-state index < -0.39 is 0 Å². The molecule has 2 rings (SSSR count). The van der Waals surface area contributed by atoms with Crippen molar-refractivity contribution in [3.05, 3.63) is 0 Å². The van der Waals surface area contributed by atoms with Crippen LogP contribution in [0.3, 0.4) is 0 Å². The fraction of sp³-hybridized carbons (Fsp3) is 1.00. The Bertz CT molecular complexity index is 179. The lowest BCUT2D eigenvalue weighted by Crippen LogP contribution is -2.43. The van der Waals surface area contributed by atoms with Gasteiger partial charge in [-0.25, -0.2) is 0 Å². The molecular formula is C11H21NO. The Morgan fingerprint density at radius 3 is 2.54 bits per heavy atom. The first-order valence-corrected chi connectivity index (χ1v) is 5.59. The molecule has 2 bridgehead atoms. The number of fused-ring (bicyclic) bond motifs is 2. The van der Waals surface area contributed by atoms with E-state index in [1.165, 1.54) is 25.7 Å². The zero-order valence-corrected chi connectivity index (χ0v) is 8.70. The van der Waals surface area contributed by atoms with Gasteiger partial charge in [-0.05, 0) is 31.6 Å². The largest absolute Gasteiger partial charge is 0.375 e. The Morgan fingerprint density at radius 1 is 1.15 bits per heavy atom. The van der Waals surface area contributed by atoms with Gasteiger partial charge in [0.05, 0.1) is 12.2 Å². The van der Waals surface area contributed by atoms with Crippen molar-refractivity contribution >= 4 is 0 Å². The summed E-state index contributed by atoms with van der Waals surface area (Å²) in [6.45, 7) is 4.43. The van der Waals surface area contributed by atoms with E-state index in [9.17, 15) is 0 Å². The summed E-state index contributed by atoms with van der Waals surface area (Å²) >= 11 is 0. The lowest BCUT2D eigenvalue weighted by Gasteiger charge is -2.35. The molecule has 2 heteroatoms. The van der Waals surface area contributed by atoms with Crippen LogP contribution in [0.5, 0.6) is 0 Å². The summed E-state index contributed by atoms with van der Waals surface area (Å²) in [4.78, 5) is 0. The van der Waals surface area contributed by atoms with Crippen molar-refractivity contribution in [2.75, 3.05) is 0 Å². The van der Waals surface area contributed by atoms with E-state index in [-0.39, 0.29) is 0 Å². The average molecular weight is 183 g/mol. The maximum absolute atomic E-state index is 6.20. The monoisotopic (exact) mass is 183 g/mol. The van der Waals surface area contributed by atoms with Crippen LogP contribution < -0.4 is 5.73 Å². The summed E-state index contributed by atoms with van der Waals surface area (Å²) in [6, 6.07) is 0.337. The highest BCUT2D eigenvalue weighted by Gasteiger charge is 2.39. The zero-order valence-electron chi connectivity index (χ0n) is 8.70. The second-order valence-corrected chi connectivity index (χ2v) is 4.94. The van der Waals surface area contributed by atoms with Gasteiger partial charge in [-0.2, -0.15) is 0 Å². The lowest BCUT2D eigenvalue weighted by molar-refractivity contribution is -0.0434. The van der Waals surface area contributed by atoms with E-state index in [1.807, 2.05) is 0 Å². The van der Waals surface area contributed by atoms with Gasteiger partial charge in [0, 0.05) is 12.0 Å². The second-order valence-electron chi connectivity index (χ2n) is 4.94. The number of rotatable bonds is 2. The van der Waals surface area contributed by atoms with Crippen LogP contribution in [0, 0.1) is 11.8 Å². The van der Waals surface area contributed by atoms with E-state index in [0.717, 1.165) is 0 Å². The second kappa shape index (κ2) is 3.58. The van der Waals surface area contributed by atoms with E-state index >= 15 is 0 Å². The predicted molar refractivity (Wildman–Crippen MR) is 53.4 cm³/mol. The van der Waals surface area contributed by atoms with Crippen LogP contribution in [-0.4, -0.2) is 18.2 Å². The molecule has 0 radical (unpaired) electrons. The summed E-state index contributed by atoms with van der Waals surface area (Å²) < 4.78 is 5.90. The molecule has 76 valence electrons. The Hall–Kier alpha value is -0.0800. The smallest absolute Gasteiger partial charge is 0.0622 e. The predicted octanol–water partition coefficient (Wildman–Crippen LogP) is 1.93. The normalized spacial score (nSPS) is 41.1. The third-order valence-corrected chi connectivity index (χ3v) is 3.70. The quantitative estimate of drug-likeness (QED) is 0.710. The molecule has 2 heterocycles. The van der Waals surface area contributed by atoms with Crippen molar-refractivity contribution in [3.63, 3.8) is 0 Å². The lowest BCUT2D eigenvalue weighted by atomic mass is 9.83. The summed E-state index contributed by atoms with van der Waals surface area (Å²) in [5, 5.41) is 0. The van der Waals surface area contributed by atoms with Crippen LogP contribution in [0.25, 0.3) is 0 Å². The van der Waals surface area contributed by atoms with Gasteiger partial charge in [0.1, 0.15) is 0 Å². The molecular weight excluding hydrogens is 162 g/mol. The van der Waals surface area contributed by atoms with Crippen LogP contribution in [0.4, 0.5) is 0 Å². The molecule has 2 aliphatic rings. The van der Waals surface area contributed by atoms with Crippen LogP contribution in [0.1, 0.15) is 39.5 Å². The fourth-order valence-electron chi connectivity index (χ4n) is 2.76. The highest BCUT2D eigenvalue weighted by Crippen LogP contribution is 2.38. The maximum Gasteiger partial charge on any atom is 0.0622 e. The Balaban J connectivity index is 1.99. The van der Waals surface area contributed by atoms with Crippen molar-refractivity contribution in [1.29, 1.82) is 0 Å². The van der Waals surface area contributed by atoms with Gasteiger partial charge < -0.3 is 10.5 Å². The van der Waals surface area contributed by atoms with Crippen LogP contribution in [0.15, 0.2) is 0 Å². The molecule has 0 aromatic heterocycles. The molecule has 0 aromatic rings. The van der Waals surface area contributed by atoms with Crippen molar-refractivity contribution in [3.8, 4) is 0 Å². The molecule has 4 atom stereocenters. The van der Waals surface area contributed by atoms with Crippen LogP contribution >= 0.6 is 0 Å². The van der Waals surface area contributed by atoms with E-state index in [0.29, 0.717) is 30.1 Å². The molecule has 4 unspecified atom stereocenters. The average Bonchev–Trinajstić information content (AvgIpc) is 2.47. The number of ether oxygens (including phenoxy) is 1. The van der Waals surface area contributed by atoms with Gasteiger partial charge in [-0.15, -0.1) is 0 Å². The summed E-state index contributed by atoms with van der Waals surface area (Å²) in [5.74, 6) is 1.21. The molecule has 2 nitrogen and oxygen atoms in total. The van der Waals surface area contributed by atoms with Gasteiger partial charge in [0.15, 0.2) is 0 Å². The summed E-state index contributed by atoms with van der Waals surface area (Å²) in [7, 11) is 0. The SMILES string of the molecule is CC(C)C(N)C1CCC2CCC1O2. The standard InChI is InChI=1S/C11H21NO/c1-7(2)11(12)9-5-3-8-4-6-10(9)13-8/h7-11H,3-6,12H2,1-2H3. The molecule has 0 spiro atoms. The Kier molecular flexibility index (Phi) is 2.61. The molecule has 2 fully saturated rings. The molecule has 0 aromatic carbocycles. The van der Waals surface area contributed by atoms with E-state index in [4.69, 9.17) is 10.5 Å². The highest BCUT2D eigenvalue weighted by molar-refractivity contribution is 4.91. The molecule has 2 aliphatic heterocycles. The minimum absolute atomic E-state index is 0.337. The third-order valence-electron chi connectivity index (χ3n) is 3.70. The first-order valence-electron chi connectivity index (χ1n) is 5.59. The van der Waals surface area contributed by atoms with E-state index in [1.54, 1.807) is 0 Å². The Morgan fingerprint density at radius 2 is 1.85 bits per heavy atom. The number of nitrogens with two attached hydrogens (primary N) is 1. The maximum atomic E-state index is 6.20. The summed E-state index contributed by atoms with van der Waals surface area (Å²) in [6.07, 6.45) is 6.09. The number of hydrogen-bond acceptors (Lipinski definition) is 2. The molecule has 2 saturated heterocycles. The molecule has 0 amide bonds. The molecule has 0 aliphatic carbocycles. The minimum atomic E-state index is 0.337. The molecule has 2 N–H and O–H groups in total. The van der Waals surface area contributed by atoms with Gasteiger partial charge in [-0.1, -0.05) is 13.8 Å². The van der Waals surface area contributed by atoms with Crippen molar-refractivity contribution in [2.24, 2.45) is 17.6 Å². The van der Waals surface area contributed by atoms with E-state index in [2.05, 4.69) is 13.8 Å². The van der Waals surface area contributed by atoms with Gasteiger partial charge in [0.25, 0.3) is 0 Å². The third kappa shape index (κ3) is 1.75. The van der Waals surface area contributed by atoms with Crippen molar-refractivity contribution in [2.45, 2.75) is 57.8 Å². The zero-order chi connectivity index (χ0) is 9.42. The van der Waals surface area contributed by atoms with Gasteiger partial charge >= 0.3 is 0 Å². The van der Waals surface area contributed by atoms with Crippen molar-refractivity contribution in [1.82, 2.24) is 0 Å². The Labute approximate surface area is 80.8 Å².